The maximum atomic E-state index is 12.7. The fourth-order valence-corrected chi connectivity index (χ4v) is 3.79. The average molecular weight is 394 g/mol. The number of nitrogens with zero attached hydrogens (tertiary/aromatic N) is 2. The Balaban J connectivity index is 2.27. The SMILES string of the molecule is CCc1c(C(=O)Nc2cccc(S(=O)(=O)NCCN)c2)cnn1C(C)(C)C. The zero-order valence-corrected chi connectivity index (χ0v) is 16.9. The summed E-state index contributed by atoms with van der Waals surface area (Å²) >= 11 is 0. The zero-order valence-electron chi connectivity index (χ0n) is 16.1. The van der Waals surface area contributed by atoms with Gasteiger partial charge in [-0.25, -0.2) is 13.1 Å². The lowest BCUT2D eigenvalue weighted by molar-refractivity contribution is 0.102. The maximum absolute atomic E-state index is 12.7. The Bertz CT molecular complexity index is 913. The van der Waals surface area contributed by atoms with E-state index >= 15 is 0 Å². The molecule has 1 aromatic heterocycles. The fraction of sp³-hybridized carbons (Fsp3) is 0.444. The third-order valence-electron chi connectivity index (χ3n) is 3.92. The van der Waals surface area contributed by atoms with E-state index in [0.29, 0.717) is 17.7 Å². The second-order valence-corrected chi connectivity index (χ2v) is 8.88. The van der Waals surface area contributed by atoms with Crippen LogP contribution in [0.3, 0.4) is 0 Å². The van der Waals surface area contributed by atoms with Gasteiger partial charge in [0.05, 0.1) is 27.9 Å². The molecule has 0 bridgehead atoms. The molecular formula is C18H27N5O3S. The van der Waals surface area contributed by atoms with Crippen LogP contribution in [0, 0.1) is 0 Å². The van der Waals surface area contributed by atoms with Crippen LogP contribution in [0.2, 0.25) is 0 Å². The molecular weight excluding hydrogens is 366 g/mol. The monoisotopic (exact) mass is 393 g/mol. The Morgan fingerprint density at radius 2 is 2.00 bits per heavy atom. The molecule has 0 saturated heterocycles. The Labute approximate surface area is 160 Å². The van der Waals surface area contributed by atoms with Crippen molar-refractivity contribution in [3.63, 3.8) is 0 Å². The zero-order chi connectivity index (χ0) is 20.2. The van der Waals surface area contributed by atoms with Crippen LogP contribution in [0.4, 0.5) is 5.69 Å². The summed E-state index contributed by atoms with van der Waals surface area (Å²) in [6, 6.07) is 6.09. The van der Waals surface area contributed by atoms with E-state index < -0.39 is 10.0 Å². The minimum Gasteiger partial charge on any atom is -0.329 e. The van der Waals surface area contributed by atoms with Gasteiger partial charge in [-0.2, -0.15) is 5.10 Å². The van der Waals surface area contributed by atoms with Gasteiger partial charge in [-0.15, -0.1) is 0 Å². The van der Waals surface area contributed by atoms with Crippen molar-refractivity contribution in [1.29, 1.82) is 0 Å². The highest BCUT2D eigenvalue weighted by molar-refractivity contribution is 7.89. The van der Waals surface area contributed by atoms with Crippen molar-refractivity contribution in [2.24, 2.45) is 5.73 Å². The van der Waals surface area contributed by atoms with Gasteiger partial charge in [-0.3, -0.25) is 9.48 Å². The first kappa shape index (κ1) is 21.1. The number of rotatable bonds is 7. The number of aromatic nitrogens is 2. The highest BCUT2D eigenvalue weighted by Crippen LogP contribution is 2.21. The molecule has 0 saturated carbocycles. The largest absolute Gasteiger partial charge is 0.329 e. The van der Waals surface area contributed by atoms with E-state index in [1.54, 1.807) is 18.3 Å². The quantitative estimate of drug-likeness (QED) is 0.661. The van der Waals surface area contributed by atoms with Crippen molar-refractivity contribution in [1.82, 2.24) is 14.5 Å². The normalized spacial score (nSPS) is 12.2. The number of nitrogens with two attached hydrogens (primary N) is 1. The van der Waals surface area contributed by atoms with E-state index in [9.17, 15) is 13.2 Å². The van der Waals surface area contributed by atoms with Crippen LogP contribution in [-0.2, 0) is 22.0 Å². The number of anilines is 1. The van der Waals surface area contributed by atoms with Gasteiger partial charge < -0.3 is 11.1 Å². The lowest BCUT2D eigenvalue weighted by atomic mass is 10.1. The fourth-order valence-electron chi connectivity index (χ4n) is 2.70. The molecule has 148 valence electrons. The molecule has 1 amide bonds. The van der Waals surface area contributed by atoms with Gasteiger partial charge in [0.15, 0.2) is 0 Å². The predicted molar refractivity (Wildman–Crippen MR) is 105 cm³/mol. The number of hydrogen-bond donors (Lipinski definition) is 3. The molecule has 1 heterocycles. The molecule has 8 nitrogen and oxygen atoms in total. The predicted octanol–water partition coefficient (Wildman–Crippen LogP) is 1.69. The van der Waals surface area contributed by atoms with E-state index in [4.69, 9.17) is 5.73 Å². The lowest BCUT2D eigenvalue weighted by Gasteiger charge is -2.22. The second kappa shape index (κ2) is 8.20. The minimum atomic E-state index is -3.67. The Morgan fingerprint density at radius 3 is 2.59 bits per heavy atom. The van der Waals surface area contributed by atoms with Crippen LogP contribution in [0.1, 0.15) is 43.7 Å². The van der Waals surface area contributed by atoms with Gasteiger partial charge in [0.1, 0.15) is 0 Å². The standard InChI is InChI=1S/C18H27N5O3S/c1-5-16-15(12-20-23(16)18(2,3)4)17(24)22-13-7-6-8-14(11-13)27(25,26)21-10-9-19/h6-8,11-12,21H,5,9-10,19H2,1-4H3,(H,22,24). The Morgan fingerprint density at radius 1 is 1.30 bits per heavy atom. The summed E-state index contributed by atoms with van der Waals surface area (Å²) < 4.78 is 28.7. The third-order valence-corrected chi connectivity index (χ3v) is 5.38. The smallest absolute Gasteiger partial charge is 0.259 e. The topological polar surface area (TPSA) is 119 Å². The number of amides is 1. The van der Waals surface area contributed by atoms with Gasteiger partial charge in [-0.1, -0.05) is 13.0 Å². The number of nitrogens with one attached hydrogen (secondary N) is 2. The summed E-state index contributed by atoms with van der Waals surface area (Å²) in [6.45, 7) is 8.36. The maximum Gasteiger partial charge on any atom is 0.259 e. The Kier molecular flexibility index (Phi) is 6.40. The molecule has 0 aliphatic rings. The Hall–Kier alpha value is -2.23. The summed E-state index contributed by atoms with van der Waals surface area (Å²) in [5.41, 5.74) is 6.79. The highest BCUT2D eigenvalue weighted by atomic mass is 32.2. The first-order valence-corrected chi connectivity index (χ1v) is 10.3. The highest BCUT2D eigenvalue weighted by Gasteiger charge is 2.23. The molecule has 0 unspecified atom stereocenters. The molecule has 1 aromatic carbocycles. The average Bonchev–Trinajstić information content (AvgIpc) is 3.05. The molecule has 27 heavy (non-hydrogen) atoms. The summed E-state index contributed by atoms with van der Waals surface area (Å²) in [7, 11) is -3.67. The third kappa shape index (κ3) is 4.94. The van der Waals surface area contributed by atoms with E-state index in [-0.39, 0.29) is 29.4 Å². The van der Waals surface area contributed by atoms with E-state index in [1.807, 2.05) is 32.4 Å². The van der Waals surface area contributed by atoms with Crippen molar-refractivity contribution >= 4 is 21.6 Å². The molecule has 0 atom stereocenters. The number of sulfonamides is 1. The molecule has 4 N–H and O–H groups in total. The first-order valence-electron chi connectivity index (χ1n) is 8.78. The van der Waals surface area contributed by atoms with E-state index in [1.165, 1.54) is 12.1 Å². The van der Waals surface area contributed by atoms with Crippen LogP contribution in [0.5, 0.6) is 0 Å². The molecule has 0 aliphatic heterocycles. The molecule has 0 spiro atoms. The van der Waals surface area contributed by atoms with Crippen LogP contribution < -0.4 is 15.8 Å². The molecule has 0 aliphatic carbocycles. The second-order valence-electron chi connectivity index (χ2n) is 7.11. The van der Waals surface area contributed by atoms with Crippen LogP contribution >= 0.6 is 0 Å². The van der Waals surface area contributed by atoms with Gasteiger partial charge in [0.25, 0.3) is 5.91 Å². The summed E-state index contributed by atoms with van der Waals surface area (Å²) in [6.07, 6.45) is 2.19. The first-order chi connectivity index (χ1) is 12.6. The molecule has 0 fully saturated rings. The van der Waals surface area contributed by atoms with Gasteiger partial charge in [0.2, 0.25) is 10.0 Å². The lowest BCUT2D eigenvalue weighted by Crippen LogP contribution is -2.29. The molecule has 2 rings (SSSR count). The van der Waals surface area contributed by atoms with Gasteiger partial charge >= 0.3 is 0 Å². The molecule has 0 radical (unpaired) electrons. The summed E-state index contributed by atoms with van der Waals surface area (Å²) in [5.74, 6) is -0.327. The number of hydrogen-bond acceptors (Lipinski definition) is 5. The van der Waals surface area contributed by atoms with E-state index in [0.717, 1.165) is 5.69 Å². The minimum absolute atomic E-state index is 0.0647. The van der Waals surface area contributed by atoms with Crippen LogP contribution in [0.15, 0.2) is 35.4 Å². The number of carbonyl (C=O) groups excluding carboxylic acids is 1. The molecule has 2 aromatic rings. The van der Waals surface area contributed by atoms with Crippen molar-refractivity contribution in [2.45, 2.75) is 44.6 Å². The number of carbonyl (C=O) groups is 1. The van der Waals surface area contributed by atoms with Crippen molar-refractivity contribution < 1.29 is 13.2 Å². The van der Waals surface area contributed by atoms with Crippen LogP contribution in [-0.4, -0.2) is 37.2 Å². The van der Waals surface area contributed by atoms with Crippen LogP contribution in [0.25, 0.3) is 0 Å². The number of benzene rings is 1. The summed E-state index contributed by atoms with van der Waals surface area (Å²) in [5, 5.41) is 7.11. The van der Waals surface area contributed by atoms with Crippen molar-refractivity contribution in [3.8, 4) is 0 Å². The van der Waals surface area contributed by atoms with E-state index in [2.05, 4.69) is 15.1 Å². The van der Waals surface area contributed by atoms with Gasteiger partial charge in [0, 0.05) is 18.8 Å². The summed E-state index contributed by atoms with van der Waals surface area (Å²) in [4.78, 5) is 12.8. The van der Waals surface area contributed by atoms with Crippen molar-refractivity contribution in [3.05, 3.63) is 41.7 Å². The molecule has 9 heteroatoms. The van der Waals surface area contributed by atoms with Crippen molar-refractivity contribution in [2.75, 3.05) is 18.4 Å². The van der Waals surface area contributed by atoms with Gasteiger partial charge in [-0.05, 0) is 45.4 Å².